The molecule has 19 heavy (non-hydrogen) atoms. The third kappa shape index (κ3) is 2.46. The highest BCUT2D eigenvalue weighted by Crippen LogP contribution is 2.54. The van der Waals surface area contributed by atoms with Gasteiger partial charge in [-0.2, -0.15) is 26.3 Å². The first-order chi connectivity index (χ1) is 8.58. The van der Waals surface area contributed by atoms with Gasteiger partial charge in [0.25, 0.3) is 0 Å². The number of benzene rings is 1. The zero-order valence-corrected chi connectivity index (χ0v) is 9.77. The van der Waals surface area contributed by atoms with Crippen LogP contribution in [-0.4, -0.2) is 18.1 Å². The second-order valence-corrected chi connectivity index (χ2v) is 3.95. The van der Waals surface area contributed by atoms with E-state index in [4.69, 9.17) is 0 Å². The van der Waals surface area contributed by atoms with Crippen molar-refractivity contribution in [3.05, 3.63) is 35.9 Å². The maximum Gasteiger partial charge on any atom is 0.410 e. The summed E-state index contributed by atoms with van der Waals surface area (Å²) in [6, 6.07) is 5.68. The Morgan fingerprint density at radius 1 is 0.947 bits per heavy atom. The molecule has 1 aromatic rings. The van der Waals surface area contributed by atoms with Crippen LogP contribution in [0.5, 0.6) is 0 Å². The van der Waals surface area contributed by atoms with Crippen molar-refractivity contribution in [1.29, 1.82) is 0 Å². The standard InChI is InChI=1S/C12H10F6O/c1-2-10(11(13,14)15,12(16,17)18)9(19)8-6-4-3-5-7-8/h3-7H,2H2,1H3. The van der Waals surface area contributed by atoms with Gasteiger partial charge in [-0.25, -0.2) is 0 Å². The molecule has 0 amide bonds. The summed E-state index contributed by atoms with van der Waals surface area (Å²) < 4.78 is 77.2. The number of rotatable bonds is 3. The van der Waals surface area contributed by atoms with E-state index in [2.05, 4.69) is 0 Å². The molecule has 0 fully saturated rings. The number of ketones is 1. The fourth-order valence-electron chi connectivity index (χ4n) is 1.82. The van der Waals surface area contributed by atoms with Crippen LogP contribution >= 0.6 is 0 Å². The molecule has 1 nitrogen and oxygen atoms in total. The molecular formula is C12H10F6O. The van der Waals surface area contributed by atoms with Gasteiger partial charge in [0.1, 0.15) is 0 Å². The molecule has 106 valence electrons. The summed E-state index contributed by atoms with van der Waals surface area (Å²) in [7, 11) is 0. The zero-order valence-electron chi connectivity index (χ0n) is 9.77. The van der Waals surface area contributed by atoms with Crippen LogP contribution < -0.4 is 0 Å². The van der Waals surface area contributed by atoms with Crippen LogP contribution in [0.4, 0.5) is 26.3 Å². The average molecular weight is 284 g/mol. The fraction of sp³-hybridized carbons (Fsp3) is 0.417. The molecule has 0 atom stereocenters. The number of halogens is 6. The van der Waals surface area contributed by atoms with Gasteiger partial charge in [-0.3, -0.25) is 4.79 Å². The van der Waals surface area contributed by atoms with Crippen LogP contribution in [0.1, 0.15) is 23.7 Å². The number of hydrogen-bond acceptors (Lipinski definition) is 1. The minimum Gasteiger partial charge on any atom is -0.293 e. The molecule has 7 heteroatoms. The van der Waals surface area contributed by atoms with Crippen molar-refractivity contribution >= 4 is 5.78 Å². The number of hydrogen-bond donors (Lipinski definition) is 0. The minimum atomic E-state index is -5.70. The maximum atomic E-state index is 12.9. The fourth-order valence-corrected chi connectivity index (χ4v) is 1.82. The van der Waals surface area contributed by atoms with Gasteiger partial charge in [-0.1, -0.05) is 37.3 Å². The monoisotopic (exact) mass is 284 g/mol. The van der Waals surface area contributed by atoms with Gasteiger partial charge in [0.05, 0.1) is 0 Å². The molecule has 0 saturated heterocycles. The second-order valence-electron chi connectivity index (χ2n) is 3.95. The smallest absolute Gasteiger partial charge is 0.293 e. The number of alkyl halides is 6. The molecule has 0 heterocycles. The average Bonchev–Trinajstić information content (AvgIpc) is 2.27. The van der Waals surface area contributed by atoms with E-state index >= 15 is 0 Å². The Morgan fingerprint density at radius 2 is 1.37 bits per heavy atom. The van der Waals surface area contributed by atoms with Crippen molar-refractivity contribution in [1.82, 2.24) is 0 Å². The predicted octanol–water partition coefficient (Wildman–Crippen LogP) is 4.39. The third-order valence-electron chi connectivity index (χ3n) is 2.92. The van der Waals surface area contributed by atoms with E-state index in [0.29, 0.717) is 6.92 Å². The molecule has 0 aliphatic heterocycles. The van der Waals surface area contributed by atoms with Crippen LogP contribution in [0, 0.1) is 5.41 Å². The molecule has 0 saturated carbocycles. The Labute approximate surface area is 105 Å². The van der Waals surface area contributed by atoms with Crippen LogP contribution in [0.25, 0.3) is 0 Å². The summed E-state index contributed by atoms with van der Waals surface area (Å²) in [6.45, 7) is 0.696. The van der Waals surface area contributed by atoms with Crippen molar-refractivity contribution < 1.29 is 31.1 Å². The molecule has 0 aliphatic carbocycles. The first-order valence-electron chi connectivity index (χ1n) is 5.31. The normalized spacial score (nSPS) is 13.4. The Hall–Kier alpha value is -1.53. The lowest BCUT2D eigenvalue weighted by Crippen LogP contribution is -2.55. The van der Waals surface area contributed by atoms with Gasteiger partial charge in [-0.15, -0.1) is 0 Å². The molecule has 1 aromatic carbocycles. The minimum absolute atomic E-state index is 0.612. The lowest BCUT2D eigenvalue weighted by Gasteiger charge is -2.35. The van der Waals surface area contributed by atoms with Crippen LogP contribution in [0.15, 0.2) is 30.3 Å². The highest BCUT2D eigenvalue weighted by molar-refractivity contribution is 6.01. The van der Waals surface area contributed by atoms with Crippen LogP contribution in [-0.2, 0) is 0 Å². The highest BCUT2D eigenvalue weighted by atomic mass is 19.4. The highest BCUT2D eigenvalue weighted by Gasteiger charge is 2.73. The SMILES string of the molecule is CCC(C(=O)c1ccccc1)(C(F)(F)F)C(F)(F)F. The molecule has 0 radical (unpaired) electrons. The van der Waals surface area contributed by atoms with E-state index in [9.17, 15) is 31.1 Å². The maximum absolute atomic E-state index is 12.9. The van der Waals surface area contributed by atoms with E-state index in [1.54, 1.807) is 0 Å². The molecule has 0 bridgehead atoms. The number of Topliss-reactive ketones (excluding diaryl/α,β-unsaturated/α-hetero) is 1. The Morgan fingerprint density at radius 3 is 1.68 bits per heavy atom. The van der Waals surface area contributed by atoms with Gasteiger partial charge >= 0.3 is 12.4 Å². The first-order valence-corrected chi connectivity index (χ1v) is 5.31. The van der Waals surface area contributed by atoms with E-state index in [-0.39, 0.29) is 0 Å². The van der Waals surface area contributed by atoms with Crippen molar-refractivity contribution in [3.63, 3.8) is 0 Å². The molecule has 0 N–H and O–H groups in total. The topological polar surface area (TPSA) is 17.1 Å². The van der Waals surface area contributed by atoms with Crippen molar-refractivity contribution in [3.8, 4) is 0 Å². The quantitative estimate of drug-likeness (QED) is 0.594. The summed E-state index contributed by atoms with van der Waals surface area (Å²) in [5.74, 6) is -1.98. The Kier molecular flexibility index (Phi) is 3.97. The lowest BCUT2D eigenvalue weighted by molar-refractivity contribution is -0.317. The Balaban J connectivity index is 3.46. The van der Waals surface area contributed by atoms with Crippen molar-refractivity contribution in [2.24, 2.45) is 5.41 Å². The summed E-state index contributed by atoms with van der Waals surface area (Å²) >= 11 is 0. The molecule has 1 rings (SSSR count). The largest absolute Gasteiger partial charge is 0.410 e. The summed E-state index contributed by atoms with van der Waals surface area (Å²) in [5.41, 5.74) is -4.97. The van der Waals surface area contributed by atoms with Crippen LogP contribution in [0.3, 0.4) is 0 Å². The van der Waals surface area contributed by atoms with Crippen molar-refractivity contribution in [2.45, 2.75) is 25.7 Å². The van der Waals surface area contributed by atoms with Gasteiger partial charge in [-0.05, 0) is 6.42 Å². The van der Waals surface area contributed by atoms with E-state index < -0.39 is 35.5 Å². The molecular weight excluding hydrogens is 274 g/mol. The third-order valence-corrected chi connectivity index (χ3v) is 2.92. The summed E-state index contributed by atoms with van der Waals surface area (Å²) in [6.07, 6.45) is -12.8. The molecule has 0 aromatic heterocycles. The molecule has 0 aliphatic rings. The van der Waals surface area contributed by atoms with Crippen LogP contribution in [0.2, 0.25) is 0 Å². The van der Waals surface area contributed by atoms with Gasteiger partial charge < -0.3 is 0 Å². The van der Waals surface area contributed by atoms with E-state index in [1.807, 2.05) is 0 Å². The van der Waals surface area contributed by atoms with Gasteiger partial charge in [0, 0.05) is 5.56 Å². The van der Waals surface area contributed by atoms with E-state index in [0.717, 1.165) is 12.1 Å². The second kappa shape index (κ2) is 4.86. The predicted molar refractivity (Wildman–Crippen MR) is 55.6 cm³/mol. The Bertz CT molecular complexity index is 432. The number of carbonyl (C=O) groups excluding carboxylic acids is 1. The number of carbonyl (C=O) groups is 1. The summed E-state index contributed by atoms with van der Waals surface area (Å²) in [5, 5.41) is 0. The zero-order chi connectivity index (χ0) is 14.9. The molecule has 0 unspecified atom stereocenters. The van der Waals surface area contributed by atoms with Gasteiger partial charge in [0.2, 0.25) is 5.41 Å². The van der Waals surface area contributed by atoms with E-state index in [1.165, 1.54) is 18.2 Å². The first kappa shape index (κ1) is 15.5. The van der Waals surface area contributed by atoms with Crippen molar-refractivity contribution in [2.75, 3.05) is 0 Å². The van der Waals surface area contributed by atoms with Gasteiger partial charge in [0.15, 0.2) is 5.78 Å². The molecule has 0 spiro atoms. The summed E-state index contributed by atoms with van der Waals surface area (Å²) in [4.78, 5) is 11.8. The lowest BCUT2D eigenvalue weighted by atomic mass is 9.76.